The van der Waals surface area contributed by atoms with Crippen molar-refractivity contribution in [2.24, 2.45) is 4.99 Å². The Hall–Kier alpha value is -3.08. The summed E-state index contributed by atoms with van der Waals surface area (Å²) in [4.78, 5) is 8.82. The molecule has 0 fully saturated rings. The number of anilines is 1. The summed E-state index contributed by atoms with van der Waals surface area (Å²) in [6.07, 6.45) is 5.93. The van der Waals surface area contributed by atoms with E-state index in [-0.39, 0.29) is 0 Å². The van der Waals surface area contributed by atoms with Crippen LogP contribution in [-0.4, -0.2) is 29.4 Å². The molecule has 5 nitrogen and oxygen atoms in total. The van der Waals surface area contributed by atoms with E-state index >= 15 is 0 Å². The maximum Gasteiger partial charge on any atom is 0.141 e. The highest BCUT2D eigenvalue weighted by Crippen LogP contribution is 2.30. The van der Waals surface area contributed by atoms with Gasteiger partial charge in [0.25, 0.3) is 0 Å². The predicted molar refractivity (Wildman–Crippen MR) is 96.5 cm³/mol. The van der Waals surface area contributed by atoms with Crippen molar-refractivity contribution in [1.82, 2.24) is 9.55 Å². The van der Waals surface area contributed by atoms with Crippen molar-refractivity contribution in [2.45, 2.75) is 6.54 Å². The molecule has 0 radical (unpaired) electrons. The monoisotopic (exact) mass is 318 g/mol. The lowest BCUT2D eigenvalue weighted by Gasteiger charge is -2.08. The third-order valence-electron chi connectivity index (χ3n) is 4.24. The molecule has 24 heavy (non-hydrogen) atoms. The van der Waals surface area contributed by atoms with Crippen molar-refractivity contribution in [1.29, 1.82) is 0 Å². The van der Waals surface area contributed by atoms with Crippen LogP contribution in [0.2, 0.25) is 0 Å². The second kappa shape index (κ2) is 5.85. The second-order valence-corrected chi connectivity index (χ2v) is 5.77. The van der Waals surface area contributed by atoms with E-state index in [1.54, 1.807) is 7.11 Å². The molecule has 0 bridgehead atoms. The molecule has 0 spiro atoms. The van der Waals surface area contributed by atoms with Gasteiger partial charge < -0.3 is 15.0 Å². The minimum atomic E-state index is 0.609. The fourth-order valence-electron chi connectivity index (χ4n) is 2.97. The smallest absolute Gasteiger partial charge is 0.141 e. The van der Waals surface area contributed by atoms with Gasteiger partial charge in [0, 0.05) is 36.3 Å². The van der Waals surface area contributed by atoms with Crippen molar-refractivity contribution in [3.8, 4) is 28.1 Å². The van der Waals surface area contributed by atoms with E-state index in [1.165, 1.54) is 5.56 Å². The quantitative estimate of drug-likeness (QED) is 0.754. The Balaban J connectivity index is 1.72. The Morgan fingerprint density at radius 1 is 1.08 bits per heavy atom. The molecule has 0 atom stereocenters. The number of rotatable bonds is 3. The lowest BCUT2D eigenvalue weighted by molar-refractivity contribution is 0.417. The highest BCUT2D eigenvalue weighted by molar-refractivity contribution is 5.82. The summed E-state index contributed by atoms with van der Waals surface area (Å²) in [6.45, 7) is 1.77. The fourth-order valence-corrected chi connectivity index (χ4v) is 2.97. The zero-order valence-electron chi connectivity index (χ0n) is 13.4. The molecule has 1 aliphatic rings. The molecule has 0 saturated carbocycles. The van der Waals surface area contributed by atoms with Gasteiger partial charge >= 0.3 is 0 Å². The number of aliphatic imine (C=N–C) groups is 1. The van der Waals surface area contributed by atoms with Crippen LogP contribution in [0, 0.1) is 0 Å². The third kappa shape index (κ3) is 2.54. The van der Waals surface area contributed by atoms with Crippen molar-refractivity contribution in [3.63, 3.8) is 0 Å². The van der Waals surface area contributed by atoms with Gasteiger partial charge in [-0.05, 0) is 42.0 Å². The van der Waals surface area contributed by atoms with Gasteiger partial charge in [-0.25, -0.2) is 0 Å². The number of benzene rings is 1. The summed E-state index contributed by atoms with van der Waals surface area (Å²) in [5.41, 5.74) is 11.9. The number of pyridine rings is 1. The fraction of sp³-hybridized carbons (Fsp3) is 0.158. The standard InChI is InChI=1S/C19H18N4O/c1-24-19-3-2-14(9-17(19)20)18-10-13(4-5-22-18)15-8-16-11-21-6-7-23(16)12-15/h2-5,8-12H,6-7,20H2,1H3. The number of nitrogens with two attached hydrogens (primary N) is 1. The van der Waals surface area contributed by atoms with Crippen molar-refractivity contribution in [2.75, 3.05) is 19.4 Å². The molecule has 2 aromatic heterocycles. The van der Waals surface area contributed by atoms with Crippen LogP contribution in [-0.2, 0) is 6.54 Å². The first-order chi connectivity index (χ1) is 11.7. The van der Waals surface area contributed by atoms with Crippen molar-refractivity contribution in [3.05, 3.63) is 54.5 Å². The maximum absolute atomic E-state index is 6.01. The van der Waals surface area contributed by atoms with Crippen LogP contribution in [0.25, 0.3) is 22.4 Å². The third-order valence-corrected chi connectivity index (χ3v) is 4.24. The number of hydrogen-bond donors (Lipinski definition) is 1. The van der Waals surface area contributed by atoms with E-state index in [4.69, 9.17) is 10.5 Å². The van der Waals surface area contributed by atoms with Crippen LogP contribution < -0.4 is 10.5 Å². The molecule has 0 amide bonds. The van der Waals surface area contributed by atoms with Gasteiger partial charge in [-0.15, -0.1) is 0 Å². The first-order valence-electron chi connectivity index (χ1n) is 7.85. The molecule has 3 aromatic rings. The molecule has 0 saturated heterocycles. The first kappa shape index (κ1) is 14.5. The minimum Gasteiger partial charge on any atom is -0.495 e. The molecule has 3 heterocycles. The number of fused-ring (bicyclic) bond motifs is 1. The molecule has 1 aliphatic heterocycles. The van der Waals surface area contributed by atoms with Crippen LogP contribution in [0.15, 0.2) is 53.8 Å². The highest BCUT2D eigenvalue weighted by Gasteiger charge is 2.10. The summed E-state index contributed by atoms with van der Waals surface area (Å²) in [5, 5.41) is 0. The molecule has 0 unspecified atom stereocenters. The van der Waals surface area contributed by atoms with Gasteiger partial charge in [0.2, 0.25) is 0 Å². The number of nitrogens with zero attached hydrogens (tertiary/aromatic N) is 3. The first-order valence-corrected chi connectivity index (χ1v) is 7.85. The Morgan fingerprint density at radius 3 is 2.79 bits per heavy atom. The predicted octanol–water partition coefficient (Wildman–Crippen LogP) is 3.24. The summed E-state index contributed by atoms with van der Waals surface area (Å²) in [5.74, 6) is 0.675. The Morgan fingerprint density at radius 2 is 2.00 bits per heavy atom. The van der Waals surface area contributed by atoms with E-state index in [9.17, 15) is 0 Å². The van der Waals surface area contributed by atoms with Crippen LogP contribution in [0.5, 0.6) is 5.75 Å². The molecular weight excluding hydrogens is 300 g/mol. The lowest BCUT2D eigenvalue weighted by atomic mass is 10.0. The lowest BCUT2D eigenvalue weighted by Crippen LogP contribution is -2.08. The normalized spacial score (nSPS) is 12.9. The molecule has 0 aliphatic carbocycles. The van der Waals surface area contributed by atoms with E-state index in [0.717, 1.165) is 35.6 Å². The number of hydrogen-bond acceptors (Lipinski definition) is 4. The van der Waals surface area contributed by atoms with Gasteiger partial charge in [-0.3, -0.25) is 9.98 Å². The summed E-state index contributed by atoms with van der Waals surface area (Å²) >= 11 is 0. The van der Waals surface area contributed by atoms with Gasteiger partial charge in [-0.1, -0.05) is 0 Å². The van der Waals surface area contributed by atoms with Crippen LogP contribution in [0.1, 0.15) is 5.69 Å². The van der Waals surface area contributed by atoms with E-state index in [2.05, 4.69) is 32.9 Å². The number of nitrogen functional groups attached to an aromatic ring is 1. The molecule has 4 rings (SSSR count). The maximum atomic E-state index is 6.01. The summed E-state index contributed by atoms with van der Waals surface area (Å²) < 4.78 is 7.44. The topological polar surface area (TPSA) is 65.4 Å². The van der Waals surface area contributed by atoms with Gasteiger partial charge in [0.1, 0.15) is 5.75 Å². The SMILES string of the molecule is COc1ccc(-c2cc(-c3cc4n(c3)CCN=C4)ccn2)cc1N. The van der Waals surface area contributed by atoms with Crippen LogP contribution in [0.3, 0.4) is 0 Å². The zero-order chi connectivity index (χ0) is 16.5. The molecule has 5 heteroatoms. The summed E-state index contributed by atoms with van der Waals surface area (Å²) in [6, 6.07) is 12.0. The second-order valence-electron chi connectivity index (χ2n) is 5.77. The van der Waals surface area contributed by atoms with Crippen LogP contribution in [0.4, 0.5) is 5.69 Å². The average Bonchev–Trinajstić information content (AvgIpc) is 3.06. The van der Waals surface area contributed by atoms with Crippen molar-refractivity contribution >= 4 is 11.9 Å². The van der Waals surface area contributed by atoms with E-state index in [1.807, 2.05) is 36.7 Å². The van der Waals surface area contributed by atoms with Crippen molar-refractivity contribution < 1.29 is 4.74 Å². The molecule has 120 valence electrons. The average molecular weight is 318 g/mol. The van der Waals surface area contributed by atoms with Gasteiger partial charge in [0.15, 0.2) is 0 Å². The van der Waals surface area contributed by atoms with E-state index < -0.39 is 0 Å². The summed E-state index contributed by atoms with van der Waals surface area (Å²) in [7, 11) is 1.61. The Labute approximate surface area is 140 Å². The largest absolute Gasteiger partial charge is 0.495 e. The number of ether oxygens (including phenoxy) is 1. The molecule has 2 N–H and O–H groups in total. The zero-order valence-corrected chi connectivity index (χ0v) is 13.4. The highest BCUT2D eigenvalue weighted by atomic mass is 16.5. The van der Waals surface area contributed by atoms with Gasteiger partial charge in [-0.2, -0.15) is 0 Å². The molecular formula is C19H18N4O. The Bertz CT molecular complexity index is 927. The Kier molecular flexibility index (Phi) is 3.54. The van der Waals surface area contributed by atoms with Gasteiger partial charge in [0.05, 0.1) is 30.7 Å². The molecule has 1 aromatic carbocycles. The number of methoxy groups -OCH3 is 1. The van der Waals surface area contributed by atoms with E-state index in [0.29, 0.717) is 11.4 Å². The van der Waals surface area contributed by atoms with Crippen LogP contribution >= 0.6 is 0 Å². The number of aromatic nitrogens is 2. The minimum absolute atomic E-state index is 0.609.